The van der Waals surface area contributed by atoms with E-state index in [0.717, 1.165) is 10.4 Å². The van der Waals surface area contributed by atoms with E-state index in [4.69, 9.17) is 0 Å². The minimum Gasteiger partial charge on any atom is -0.465 e. The van der Waals surface area contributed by atoms with Crippen LogP contribution in [0.3, 0.4) is 0 Å². The molecule has 6 heteroatoms. The van der Waals surface area contributed by atoms with E-state index in [1.165, 1.54) is 25.4 Å². The molecule has 0 aliphatic carbocycles. The molecule has 1 N–H and O–H groups in total. The number of nitrogens with one attached hydrogen (secondary N) is 1. The van der Waals surface area contributed by atoms with Crippen molar-refractivity contribution in [2.75, 3.05) is 12.4 Å². The lowest BCUT2D eigenvalue weighted by Gasteiger charge is -1.99. The van der Waals surface area contributed by atoms with Crippen LogP contribution in [-0.4, -0.2) is 24.0 Å². The molecule has 0 saturated carbocycles. The fraction of sp³-hybridized carbons (Fsp3) is 0.133. The molecule has 0 atom stereocenters. The van der Waals surface area contributed by atoms with Crippen LogP contribution >= 0.6 is 11.3 Å². The van der Waals surface area contributed by atoms with E-state index < -0.39 is 0 Å². The Labute approximate surface area is 126 Å². The standard InChI is InChI=1S/C15H14N2O3S/c1-10(18)17-15-16-9-13(21-15)7-6-11-4-3-5-12(8-11)14(19)20-2/h3-9H,1-2H3,(H,16,17,18). The van der Waals surface area contributed by atoms with Crippen molar-refractivity contribution >= 4 is 40.5 Å². The summed E-state index contributed by atoms with van der Waals surface area (Å²) < 4.78 is 4.68. The number of anilines is 1. The van der Waals surface area contributed by atoms with E-state index >= 15 is 0 Å². The zero-order chi connectivity index (χ0) is 15.2. The van der Waals surface area contributed by atoms with Crippen molar-refractivity contribution in [3.63, 3.8) is 0 Å². The Morgan fingerprint density at radius 2 is 2.14 bits per heavy atom. The molecule has 2 rings (SSSR count). The lowest BCUT2D eigenvalue weighted by Crippen LogP contribution is -2.04. The SMILES string of the molecule is COC(=O)c1cccc(C=Cc2cnc(NC(C)=O)s2)c1. The van der Waals surface area contributed by atoms with E-state index in [9.17, 15) is 9.59 Å². The first-order valence-electron chi connectivity index (χ1n) is 6.18. The van der Waals surface area contributed by atoms with Crippen LogP contribution in [0.15, 0.2) is 30.5 Å². The van der Waals surface area contributed by atoms with E-state index in [-0.39, 0.29) is 11.9 Å². The Kier molecular flexibility index (Phi) is 4.84. The number of benzene rings is 1. The Morgan fingerprint density at radius 1 is 1.33 bits per heavy atom. The number of amides is 1. The maximum absolute atomic E-state index is 11.5. The van der Waals surface area contributed by atoms with Gasteiger partial charge in [-0.2, -0.15) is 0 Å². The summed E-state index contributed by atoms with van der Waals surface area (Å²) in [5.74, 6) is -0.512. The highest BCUT2D eigenvalue weighted by atomic mass is 32.1. The van der Waals surface area contributed by atoms with Gasteiger partial charge in [0.2, 0.25) is 5.91 Å². The van der Waals surface area contributed by atoms with Gasteiger partial charge in [-0.3, -0.25) is 4.79 Å². The lowest BCUT2D eigenvalue weighted by molar-refractivity contribution is -0.114. The number of hydrogen-bond donors (Lipinski definition) is 1. The van der Waals surface area contributed by atoms with Gasteiger partial charge in [0.25, 0.3) is 0 Å². The summed E-state index contributed by atoms with van der Waals surface area (Å²) in [5.41, 5.74) is 1.38. The lowest BCUT2D eigenvalue weighted by atomic mass is 10.1. The molecule has 0 aliphatic heterocycles. The van der Waals surface area contributed by atoms with Gasteiger partial charge >= 0.3 is 5.97 Å². The number of hydrogen-bond acceptors (Lipinski definition) is 5. The third-order valence-electron chi connectivity index (χ3n) is 2.55. The third kappa shape index (κ3) is 4.25. The van der Waals surface area contributed by atoms with Gasteiger partial charge in [-0.1, -0.05) is 29.5 Å². The molecule has 0 spiro atoms. The van der Waals surface area contributed by atoms with Crippen LogP contribution in [0.4, 0.5) is 5.13 Å². The first-order valence-corrected chi connectivity index (χ1v) is 7.00. The first kappa shape index (κ1) is 14.9. The minimum absolute atomic E-state index is 0.148. The predicted molar refractivity (Wildman–Crippen MR) is 83.1 cm³/mol. The van der Waals surface area contributed by atoms with Gasteiger partial charge in [-0.15, -0.1) is 0 Å². The monoisotopic (exact) mass is 302 g/mol. The van der Waals surface area contributed by atoms with Crippen molar-refractivity contribution < 1.29 is 14.3 Å². The predicted octanol–water partition coefficient (Wildman–Crippen LogP) is 3.06. The fourth-order valence-corrected chi connectivity index (χ4v) is 2.40. The largest absolute Gasteiger partial charge is 0.465 e. The summed E-state index contributed by atoms with van der Waals surface area (Å²) >= 11 is 1.37. The van der Waals surface area contributed by atoms with Crippen molar-refractivity contribution in [1.29, 1.82) is 0 Å². The molecule has 1 aromatic carbocycles. The van der Waals surface area contributed by atoms with Crippen molar-refractivity contribution in [1.82, 2.24) is 4.98 Å². The number of nitrogens with zero attached hydrogens (tertiary/aromatic N) is 1. The van der Waals surface area contributed by atoms with Gasteiger partial charge in [0.05, 0.1) is 12.7 Å². The quantitative estimate of drug-likeness (QED) is 0.881. The number of methoxy groups -OCH3 is 1. The highest BCUT2D eigenvalue weighted by Crippen LogP contribution is 2.20. The van der Waals surface area contributed by atoms with Gasteiger partial charge in [-0.05, 0) is 23.8 Å². The van der Waals surface area contributed by atoms with E-state index in [0.29, 0.717) is 10.7 Å². The zero-order valence-electron chi connectivity index (χ0n) is 11.6. The third-order valence-corrected chi connectivity index (χ3v) is 3.43. The molecule has 0 aliphatic rings. The molecule has 108 valence electrons. The van der Waals surface area contributed by atoms with Gasteiger partial charge in [0.1, 0.15) is 0 Å². The highest BCUT2D eigenvalue weighted by Gasteiger charge is 2.04. The Balaban J connectivity index is 2.12. The molecular weight excluding hydrogens is 288 g/mol. The van der Waals surface area contributed by atoms with E-state index in [1.54, 1.807) is 24.4 Å². The molecule has 1 amide bonds. The summed E-state index contributed by atoms with van der Waals surface area (Å²) in [4.78, 5) is 27.4. The molecule has 0 bridgehead atoms. The van der Waals surface area contributed by atoms with Crippen LogP contribution in [0.2, 0.25) is 0 Å². The molecule has 0 fully saturated rings. The van der Waals surface area contributed by atoms with Gasteiger partial charge in [-0.25, -0.2) is 9.78 Å². The molecule has 0 saturated heterocycles. The smallest absolute Gasteiger partial charge is 0.337 e. The molecule has 2 aromatic rings. The van der Waals surface area contributed by atoms with Crippen molar-refractivity contribution in [3.8, 4) is 0 Å². The summed E-state index contributed by atoms with van der Waals surface area (Å²) in [7, 11) is 1.35. The fourth-order valence-electron chi connectivity index (χ4n) is 1.64. The first-order chi connectivity index (χ1) is 10.1. The normalized spacial score (nSPS) is 10.6. The average molecular weight is 302 g/mol. The molecule has 1 heterocycles. The van der Waals surface area contributed by atoms with Gasteiger partial charge in [0.15, 0.2) is 5.13 Å². The molecule has 1 aromatic heterocycles. The number of thiazole rings is 1. The summed E-state index contributed by atoms with van der Waals surface area (Å²) in [5, 5.41) is 3.19. The van der Waals surface area contributed by atoms with Gasteiger partial charge < -0.3 is 10.1 Å². The highest BCUT2D eigenvalue weighted by molar-refractivity contribution is 7.16. The minimum atomic E-state index is -0.365. The van der Waals surface area contributed by atoms with Gasteiger partial charge in [0, 0.05) is 18.0 Å². The van der Waals surface area contributed by atoms with E-state index in [1.807, 2.05) is 18.2 Å². The van der Waals surface area contributed by atoms with Crippen LogP contribution < -0.4 is 5.32 Å². The average Bonchev–Trinajstić information content (AvgIpc) is 2.91. The van der Waals surface area contributed by atoms with Crippen molar-refractivity contribution in [2.24, 2.45) is 0 Å². The topological polar surface area (TPSA) is 68.3 Å². The van der Waals surface area contributed by atoms with Crippen molar-refractivity contribution in [3.05, 3.63) is 46.5 Å². The Bertz CT molecular complexity index is 692. The molecule has 21 heavy (non-hydrogen) atoms. The second-order valence-electron chi connectivity index (χ2n) is 4.20. The van der Waals surface area contributed by atoms with Crippen LogP contribution in [0.25, 0.3) is 12.2 Å². The number of ether oxygens (including phenoxy) is 1. The number of carbonyl (C=O) groups is 2. The van der Waals surface area contributed by atoms with Crippen molar-refractivity contribution in [2.45, 2.75) is 6.92 Å². The number of rotatable bonds is 4. The maximum Gasteiger partial charge on any atom is 0.337 e. The molecule has 5 nitrogen and oxygen atoms in total. The second kappa shape index (κ2) is 6.81. The molecule has 0 unspecified atom stereocenters. The summed E-state index contributed by atoms with van der Waals surface area (Å²) in [6.45, 7) is 1.44. The second-order valence-corrected chi connectivity index (χ2v) is 5.26. The number of esters is 1. The van der Waals surface area contributed by atoms with E-state index in [2.05, 4.69) is 15.0 Å². The Morgan fingerprint density at radius 3 is 2.86 bits per heavy atom. The number of carbonyl (C=O) groups excluding carboxylic acids is 2. The number of aromatic nitrogens is 1. The van der Waals surface area contributed by atoms with Crippen LogP contribution in [0.1, 0.15) is 27.7 Å². The summed E-state index contributed by atoms with van der Waals surface area (Å²) in [6, 6.07) is 7.13. The van der Waals surface area contributed by atoms with Crippen LogP contribution in [0.5, 0.6) is 0 Å². The molecular formula is C15H14N2O3S. The maximum atomic E-state index is 11.5. The van der Waals surface area contributed by atoms with Crippen LogP contribution in [-0.2, 0) is 9.53 Å². The summed E-state index contributed by atoms with van der Waals surface area (Å²) in [6.07, 6.45) is 5.42. The Hall–Kier alpha value is -2.47. The molecule has 0 radical (unpaired) electrons. The van der Waals surface area contributed by atoms with Crippen LogP contribution in [0, 0.1) is 0 Å². The zero-order valence-corrected chi connectivity index (χ0v) is 12.4.